The second kappa shape index (κ2) is 9.02. The Balaban J connectivity index is 1.54. The van der Waals surface area contributed by atoms with Gasteiger partial charge in [0.1, 0.15) is 11.5 Å². The molecule has 6 heteroatoms. The lowest BCUT2D eigenvalue weighted by Gasteiger charge is -2.37. The van der Waals surface area contributed by atoms with Crippen molar-refractivity contribution in [2.75, 3.05) is 4.90 Å². The number of hydrogen-bond donors (Lipinski definition) is 0. The summed E-state index contributed by atoms with van der Waals surface area (Å²) in [6, 6.07) is 25.4. The standard InChI is InChI=1S/C34H23Cl2NO3/c1-19-6-16-27-22(18-19)11-17-28-34(32(39)25-4-2-3-5-26(25)33(34)40)29(20-7-12-23(35)13-8-20)30(37(27)28)31(38)21-9-14-24(36)15-10-21/h2-18,28-30H,1H3/t28?,29-,30+/m0/s1. The van der Waals surface area contributed by atoms with E-state index in [0.29, 0.717) is 32.3 Å². The average Bonchev–Trinajstić information content (AvgIpc) is 3.39. The van der Waals surface area contributed by atoms with Crippen LogP contribution < -0.4 is 4.90 Å². The minimum Gasteiger partial charge on any atom is -0.352 e. The van der Waals surface area contributed by atoms with Gasteiger partial charge in [0.05, 0.1) is 6.04 Å². The van der Waals surface area contributed by atoms with Crippen LogP contribution in [0.3, 0.4) is 0 Å². The summed E-state index contributed by atoms with van der Waals surface area (Å²) >= 11 is 12.4. The number of hydrogen-bond acceptors (Lipinski definition) is 4. The Morgan fingerprint density at radius 3 is 2.02 bits per heavy atom. The topological polar surface area (TPSA) is 54.5 Å². The lowest BCUT2D eigenvalue weighted by Crippen LogP contribution is -2.48. The lowest BCUT2D eigenvalue weighted by atomic mass is 9.64. The molecule has 4 aromatic rings. The van der Waals surface area contributed by atoms with Crippen LogP contribution in [0.25, 0.3) is 6.08 Å². The zero-order valence-electron chi connectivity index (χ0n) is 21.5. The van der Waals surface area contributed by atoms with Crippen LogP contribution in [0, 0.1) is 12.3 Å². The van der Waals surface area contributed by atoms with Gasteiger partial charge in [-0.2, -0.15) is 0 Å². The summed E-state index contributed by atoms with van der Waals surface area (Å²) in [5.41, 5.74) is 3.26. The molecule has 1 aliphatic carbocycles. The Morgan fingerprint density at radius 2 is 1.40 bits per heavy atom. The smallest absolute Gasteiger partial charge is 0.185 e. The summed E-state index contributed by atoms with van der Waals surface area (Å²) in [5.74, 6) is -1.47. The van der Waals surface area contributed by atoms with E-state index in [2.05, 4.69) is 6.07 Å². The van der Waals surface area contributed by atoms with Gasteiger partial charge in [0.15, 0.2) is 17.3 Å². The molecule has 2 aliphatic heterocycles. The summed E-state index contributed by atoms with van der Waals surface area (Å²) in [6.07, 6.45) is 3.91. The van der Waals surface area contributed by atoms with Gasteiger partial charge in [-0.15, -0.1) is 0 Å². The van der Waals surface area contributed by atoms with Gasteiger partial charge < -0.3 is 4.90 Å². The molecule has 1 saturated heterocycles. The van der Waals surface area contributed by atoms with E-state index in [-0.39, 0.29) is 17.3 Å². The van der Waals surface area contributed by atoms with Gasteiger partial charge in [0.2, 0.25) is 0 Å². The van der Waals surface area contributed by atoms with Gasteiger partial charge >= 0.3 is 0 Å². The molecule has 4 nitrogen and oxygen atoms in total. The lowest BCUT2D eigenvalue weighted by molar-refractivity contribution is 0.0666. The molecule has 7 rings (SSSR count). The molecule has 4 aromatic carbocycles. The van der Waals surface area contributed by atoms with Gasteiger partial charge in [-0.3, -0.25) is 14.4 Å². The maximum atomic E-state index is 14.6. The van der Waals surface area contributed by atoms with Crippen LogP contribution in [-0.2, 0) is 0 Å². The van der Waals surface area contributed by atoms with E-state index in [1.807, 2.05) is 48.2 Å². The van der Waals surface area contributed by atoms with Crippen LogP contribution in [0.2, 0.25) is 10.0 Å². The summed E-state index contributed by atoms with van der Waals surface area (Å²) in [7, 11) is 0. The molecule has 0 radical (unpaired) electrons. The molecular formula is C34H23Cl2NO3. The fourth-order valence-corrected chi connectivity index (χ4v) is 7.18. The zero-order chi connectivity index (χ0) is 27.8. The Morgan fingerprint density at radius 1 is 0.800 bits per heavy atom. The van der Waals surface area contributed by atoms with Crippen molar-refractivity contribution in [3.8, 4) is 0 Å². The molecular weight excluding hydrogens is 541 g/mol. The maximum absolute atomic E-state index is 14.6. The van der Waals surface area contributed by atoms with E-state index in [1.54, 1.807) is 60.7 Å². The molecule has 0 bridgehead atoms. The predicted molar refractivity (Wildman–Crippen MR) is 158 cm³/mol. The van der Waals surface area contributed by atoms with Crippen molar-refractivity contribution in [2.24, 2.45) is 5.41 Å². The molecule has 0 amide bonds. The first-order valence-corrected chi connectivity index (χ1v) is 13.9. The quantitative estimate of drug-likeness (QED) is 0.190. The molecule has 196 valence electrons. The van der Waals surface area contributed by atoms with Crippen LogP contribution in [0.4, 0.5) is 5.69 Å². The zero-order valence-corrected chi connectivity index (χ0v) is 23.0. The summed E-state index contributed by atoms with van der Waals surface area (Å²) < 4.78 is 0. The van der Waals surface area contributed by atoms with E-state index < -0.39 is 23.4 Å². The molecule has 3 atom stereocenters. The van der Waals surface area contributed by atoms with Crippen LogP contribution in [0.1, 0.15) is 53.7 Å². The number of carbonyl (C=O) groups excluding carboxylic acids is 3. The van der Waals surface area contributed by atoms with Gasteiger partial charge in [-0.1, -0.05) is 83.4 Å². The number of ketones is 3. The Hall–Kier alpha value is -3.99. The van der Waals surface area contributed by atoms with Gasteiger partial charge in [0, 0.05) is 38.3 Å². The van der Waals surface area contributed by atoms with Crippen LogP contribution in [-0.4, -0.2) is 29.4 Å². The highest BCUT2D eigenvalue weighted by atomic mass is 35.5. The van der Waals surface area contributed by atoms with E-state index in [4.69, 9.17) is 23.2 Å². The normalized spacial score (nSPS) is 21.9. The monoisotopic (exact) mass is 563 g/mol. The van der Waals surface area contributed by atoms with E-state index in [1.165, 1.54) is 0 Å². The van der Waals surface area contributed by atoms with E-state index in [0.717, 1.165) is 16.8 Å². The van der Waals surface area contributed by atoms with Crippen molar-refractivity contribution in [2.45, 2.75) is 24.9 Å². The number of carbonyl (C=O) groups is 3. The Bertz CT molecular complexity index is 1720. The second-order valence-electron chi connectivity index (χ2n) is 10.7. The number of Topliss-reactive ketones (excluding diaryl/α,β-unsaturated/α-hetero) is 3. The van der Waals surface area contributed by atoms with Crippen molar-refractivity contribution < 1.29 is 14.4 Å². The van der Waals surface area contributed by atoms with E-state index >= 15 is 0 Å². The third-order valence-electron chi connectivity index (χ3n) is 8.59. The first kappa shape index (κ1) is 25.0. The molecule has 0 aromatic heterocycles. The minimum atomic E-state index is -1.54. The molecule has 1 unspecified atom stereocenters. The molecule has 1 spiro atoms. The first-order chi connectivity index (χ1) is 19.3. The Kier molecular flexibility index (Phi) is 5.64. The number of benzene rings is 4. The van der Waals surface area contributed by atoms with Gasteiger partial charge in [-0.05, 0) is 66.6 Å². The van der Waals surface area contributed by atoms with Crippen molar-refractivity contribution in [1.82, 2.24) is 0 Å². The van der Waals surface area contributed by atoms with Crippen molar-refractivity contribution in [3.05, 3.63) is 140 Å². The summed E-state index contributed by atoms with van der Waals surface area (Å²) in [6.45, 7) is 2.01. The van der Waals surface area contributed by atoms with Gasteiger partial charge in [-0.25, -0.2) is 0 Å². The number of aryl methyl sites for hydroxylation is 1. The number of halogens is 2. The molecule has 3 aliphatic rings. The highest BCUT2D eigenvalue weighted by Crippen LogP contribution is 2.61. The van der Waals surface area contributed by atoms with Crippen molar-refractivity contribution >= 4 is 52.3 Å². The van der Waals surface area contributed by atoms with Crippen LogP contribution >= 0.6 is 23.2 Å². The minimum absolute atomic E-state index is 0.183. The van der Waals surface area contributed by atoms with Crippen LogP contribution in [0.5, 0.6) is 0 Å². The molecule has 40 heavy (non-hydrogen) atoms. The van der Waals surface area contributed by atoms with Gasteiger partial charge in [0.25, 0.3) is 0 Å². The molecule has 0 saturated carbocycles. The first-order valence-electron chi connectivity index (χ1n) is 13.1. The Labute approximate surface area is 241 Å². The van der Waals surface area contributed by atoms with E-state index in [9.17, 15) is 14.4 Å². The second-order valence-corrected chi connectivity index (χ2v) is 11.6. The fourth-order valence-electron chi connectivity index (χ4n) is 6.92. The fraction of sp³-hybridized carbons (Fsp3) is 0.147. The largest absolute Gasteiger partial charge is 0.352 e. The summed E-state index contributed by atoms with van der Waals surface area (Å²) in [4.78, 5) is 45.8. The highest BCUT2D eigenvalue weighted by Gasteiger charge is 2.71. The molecule has 0 N–H and O–H groups in total. The predicted octanol–water partition coefficient (Wildman–Crippen LogP) is 7.62. The summed E-state index contributed by atoms with van der Waals surface area (Å²) in [5, 5.41) is 1.05. The number of rotatable bonds is 3. The third kappa shape index (κ3) is 3.36. The third-order valence-corrected chi connectivity index (χ3v) is 9.09. The number of fused-ring (bicyclic) bond motifs is 5. The SMILES string of the molecule is Cc1ccc2c(c1)C=CC1N2[C@@H](C(=O)c2ccc(Cl)cc2)[C@H](c2ccc(Cl)cc2)C12C(=O)c1ccccc1C2=O. The van der Waals surface area contributed by atoms with Crippen LogP contribution in [0.15, 0.2) is 97.1 Å². The van der Waals surface area contributed by atoms with Crippen molar-refractivity contribution in [1.29, 1.82) is 0 Å². The maximum Gasteiger partial charge on any atom is 0.185 e. The number of anilines is 1. The molecule has 1 fully saturated rings. The number of nitrogens with zero attached hydrogens (tertiary/aromatic N) is 1. The van der Waals surface area contributed by atoms with Crippen molar-refractivity contribution in [3.63, 3.8) is 0 Å². The highest BCUT2D eigenvalue weighted by molar-refractivity contribution is 6.33. The average molecular weight is 564 g/mol. The molecule has 2 heterocycles.